The van der Waals surface area contributed by atoms with Crippen molar-refractivity contribution in [2.75, 3.05) is 30.9 Å². The number of hydrogen-bond donors (Lipinski definition) is 1. The minimum Gasteiger partial charge on any atom is -0.378 e. The SMILES string of the molecule is CN(C)c1cccc(-c2nn(-c3ccc(I)cc3)c3c2CCN3)c1. The summed E-state index contributed by atoms with van der Waals surface area (Å²) in [6, 6.07) is 17.0. The number of aromatic nitrogens is 2. The average Bonchev–Trinajstić information content (AvgIpc) is 3.18. The zero-order valence-corrected chi connectivity index (χ0v) is 15.9. The third kappa shape index (κ3) is 2.66. The molecule has 1 aromatic heterocycles. The number of fused-ring (bicyclic) bond motifs is 1. The third-order valence-electron chi connectivity index (χ3n) is 4.36. The summed E-state index contributed by atoms with van der Waals surface area (Å²) in [4.78, 5) is 2.12. The molecular formula is C19H19IN4. The van der Waals surface area contributed by atoms with Crippen LogP contribution >= 0.6 is 22.6 Å². The Bertz CT molecular complexity index is 881. The summed E-state index contributed by atoms with van der Waals surface area (Å²) in [6.07, 6.45) is 1.02. The van der Waals surface area contributed by atoms with Gasteiger partial charge in [-0.2, -0.15) is 5.10 Å². The van der Waals surface area contributed by atoms with E-state index >= 15 is 0 Å². The van der Waals surface area contributed by atoms with Gasteiger partial charge in [0.15, 0.2) is 0 Å². The van der Waals surface area contributed by atoms with Crippen molar-refractivity contribution < 1.29 is 0 Å². The molecule has 122 valence electrons. The summed E-state index contributed by atoms with van der Waals surface area (Å²) < 4.78 is 3.27. The Morgan fingerprint density at radius 1 is 1.12 bits per heavy atom. The summed E-state index contributed by atoms with van der Waals surface area (Å²) in [5.74, 6) is 1.13. The van der Waals surface area contributed by atoms with Crippen LogP contribution in [0.2, 0.25) is 0 Å². The van der Waals surface area contributed by atoms with Gasteiger partial charge in [0.05, 0.1) is 11.4 Å². The summed E-state index contributed by atoms with van der Waals surface area (Å²) in [5.41, 5.74) is 5.85. The fraction of sp³-hybridized carbons (Fsp3) is 0.211. The summed E-state index contributed by atoms with van der Waals surface area (Å²) in [5, 5.41) is 8.43. The largest absolute Gasteiger partial charge is 0.378 e. The highest BCUT2D eigenvalue weighted by molar-refractivity contribution is 14.1. The number of anilines is 2. The van der Waals surface area contributed by atoms with Crippen molar-refractivity contribution in [3.63, 3.8) is 0 Å². The van der Waals surface area contributed by atoms with Gasteiger partial charge in [0.1, 0.15) is 5.82 Å². The third-order valence-corrected chi connectivity index (χ3v) is 5.08. The molecule has 1 N–H and O–H groups in total. The number of hydrogen-bond acceptors (Lipinski definition) is 3. The molecule has 0 saturated carbocycles. The van der Waals surface area contributed by atoms with Gasteiger partial charge in [0.25, 0.3) is 0 Å². The molecule has 2 heterocycles. The molecule has 0 aliphatic carbocycles. The first-order valence-electron chi connectivity index (χ1n) is 8.03. The van der Waals surface area contributed by atoms with Crippen LogP contribution in [0.25, 0.3) is 16.9 Å². The first-order valence-corrected chi connectivity index (χ1v) is 9.11. The van der Waals surface area contributed by atoms with E-state index in [0.717, 1.165) is 30.2 Å². The maximum absolute atomic E-state index is 4.94. The van der Waals surface area contributed by atoms with E-state index in [-0.39, 0.29) is 0 Å². The Hall–Kier alpha value is -2.02. The lowest BCUT2D eigenvalue weighted by Gasteiger charge is -2.13. The fourth-order valence-electron chi connectivity index (χ4n) is 3.11. The molecule has 4 nitrogen and oxygen atoms in total. The predicted molar refractivity (Wildman–Crippen MR) is 108 cm³/mol. The molecule has 0 saturated heterocycles. The van der Waals surface area contributed by atoms with Crippen LogP contribution in [0.15, 0.2) is 48.5 Å². The minimum absolute atomic E-state index is 0.970. The van der Waals surface area contributed by atoms with E-state index in [2.05, 4.69) is 95.4 Å². The number of benzene rings is 2. The van der Waals surface area contributed by atoms with Crippen LogP contribution < -0.4 is 10.2 Å². The van der Waals surface area contributed by atoms with E-state index < -0.39 is 0 Å². The quantitative estimate of drug-likeness (QED) is 0.634. The van der Waals surface area contributed by atoms with Gasteiger partial charge in [-0.1, -0.05) is 12.1 Å². The fourth-order valence-corrected chi connectivity index (χ4v) is 3.47. The van der Waals surface area contributed by atoms with Crippen molar-refractivity contribution >= 4 is 34.1 Å². The lowest BCUT2D eigenvalue weighted by atomic mass is 10.1. The average molecular weight is 430 g/mol. The highest BCUT2D eigenvalue weighted by Crippen LogP contribution is 2.35. The maximum atomic E-state index is 4.94. The Balaban J connectivity index is 1.84. The predicted octanol–water partition coefficient (Wildman–Crippen LogP) is 4.18. The Kier molecular flexibility index (Phi) is 3.96. The zero-order chi connectivity index (χ0) is 16.7. The molecule has 0 spiro atoms. The lowest BCUT2D eigenvalue weighted by molar-refractivity contribution is 0.882. The van der Waals surface area contributed by atoms with E-state index in [0.29, 0.717) is 0 Å². The minimum atomic E-state index is 0.970. The van der Waals surface area contributed by atoms with Crippen molar-refractivity contribution in [3.8, 4) is 16.9 Å². The Morgan fingerprint density at radius 3 is 2.67 bits per heavy atom. The van der Waals surface area contributed by atoms with Crippen LogP contribution in [-0.4, -0.2) is 30.4 Å². The van der Waals surface area contributed by atoms with Gasteiger partial charge in [0, 0.05) is 41.0 Å². The number of rotatable bonds is 3. The number of nitrogens with one attached hydrogen (secondary N) is 1. The lowest BCUT2D eigenvalue weighted by Crippen LogP contribution is -2.08. The molecule has 0 amide bonds. The molecule has 0 atom stereocenters. The van der Waals surface area contributed by atoms with E-state index in [9.17, 15) is 0 Å². The van der Waals surface area contributed by atoms with Gasteiger partial charge in [-0.05, 0) is 65.4 Å². The molecule has 0 bridgehead atoms. The first kappa shape index (κ1) is 15.5. The second kappa shape index (κ2) is 6.12. The summed E-state index contributed by atoms with van der Waals surface area (Å²) in [6.45, 7) is 0.970. The molecule has 24 heavy (non-hydrogen) atoms. The molecule has 0 fully saturated rings. The summed E-state index contributed by atoms with van der Waals surface area (Å²) in [7, 11) is 4.13. The topological polar surface area (TPSA) is 33.1 Å². The van der Waals surface area contributed by atoms with Crippen molar-refractivity contribution in [1.29, 1.82) is 0 Å². The Morgan fingerprint density at radius 2 is 1.92 bits per heavy atom. The highest BCUT2D eigenvalue weighted by atomic mass is 127. The van der Waals surface area contributed by atoms with Gasteiger partial charge in [-0.25, -0.2) is 4.68 Å². The molecule has 5 heteroatoms. The van der Waals surface area contributed by atoms with Gasteiger partial charge in [-0.3, -0.25) is 0 Å². The van der Waals surface area contributed by atoms with Crippen molar-refractivity contribution in [3.05, 3.63) is 57.7 Å². The molecule has 3 aromatic rings. The van der Waals surface area contributed by atoms with E-state index in [1.54, 1.807) is 0 Å². The molecule has 2 aromatic carbocycles. The van der Waals surface area contributed by atoms with E-state index in [4.69, 9.17) is 5.10 Å². The summed E-state index contributed by atoms with van der Waals surface area (Å²) >= 11 is 2.33. The monoisotopic (exact) mass is 430 g/mol. The van der Waals surface area contributed by atoms with Crippen molar-refractivity contribution in [2.45, 2.75) is 6.42 Å². The smallest absolute Gasteiger partial charge is 0.133 e. The van der Waals surface area contributed by atoms with Crippen LogP contribution in [0.1, 0.15) is 5.56 Å². The Labute approximate surface area is 155 Å². The van der Waals surface area contributed by atoms with Gasteiger partial charge < -0.3 is 10.2 Å². The van der Waals surface area contributed by atoms with Gasteiger partial charge in [0.2, 0.25) is 0 Å². The molecule has 1 aliphatic rings. The second-order valence-electron chi connectivity index (χ2n) is 6.19. The van der Waals surface area contributed by atoms with Crippen LogP contribution in [0.5, 0.6) is 0 Å². The zero-order valence-electron chi connectivity index (χ0n) is 13.8. The van der Waals surface area contributed by atoms with Crippen LogP contribution in [-0.2, 0) is 6.42 Å². The van der Waals surface area contributed by atoms with Crippen molar-refractivity contribution in [1.82, 2.24) is 9.78 Å². The maximum Gasteiger partial charge on any atom is 0.133 e. The van der Waals surface area contributed by atoms with Crippen LogP contribution in [0, 0.1) is 3.57 Å². The second-order valence-corrected chi connectivity index (χ2v) is 7.43. The highest BCUT2D eigenvalue weighted by Gasteiger charge is 2.24. The number of nitrogens with zero attached hydrogens (tertiary/aromatic N) is 3. The normalized spacial score (nSPS) is 12.8. The van der Waals surface area contributed by atoms with E-state index in [1.165, 1.54) is 20.4 Å². The molecular weight excluding hydrogens is 411 g/mol. The van der Waals surface area contributed by atoms with Gasteiger partial charge >= 0.3 is 0 Å². The molecule has 0 unspecified atom stereocenters. The first-order chi connectivity index (χ1) is 11.6. The molecule has 4 rings (SSSR count). The van der Waals surface area contributed by atoms with Gasteiger partial charge in [-0.15, -0.1) is 0 Å². The molecule has 1 aliphatic heterocycles. The standard InChI is InChI=1S/C19H19IN4/c1-23(2)16-5-3-4-13(12-16)18-17-10-11-21-19(17)24(22-18)15-8-6-14(20)7-9-15/h3-9,12,21H,10-11H2,1-2H3. The van der Waals surface area contributed by atoms with Crippen LogP contribution in [0.3, 0.4) is 0 Å². The molecule has 0 radical (unpaired) electrons. The number of halogens is 1. The van der Waals surface area contributed by atoms with E-state index in [1.807, 2.05) is 4.68 Å². The van der Waals surface area contributed by atoms with Crippen molar-refractivity contribution in [2.24, 2.45) is 0 Å². The van der Waals surface area contributed by atoms with Crippen LogP contribution in [0.4, 0.5) is 11.5 Å².